The Morgan fingerprint density at radius 2 is 1.14 bits per heavy atom. The van der Waals surface area contributed by atoms with Crippen LogP contribution in [0.2, 0.25) is 0 Å². The molecule has 0 saturated heterocycles. The minimum absolute atomic E-state index is 0.178. The number of benzene rings is 5. The van der Waals surface area contributed by atoms with Crippen molar-refractivity contribution >= 4 is 21.5 Å². The lowest BCUT2D eigenvalue weighted by Crippen LogP contribution is -1.95. The molecule has 0 nitrogen and oxygen atoms in total. The summed E-state index contributed by atoms with van der Waals surface area (Å²) in [7, 11) is 0. The summed E-state index contributed by atoms with van der Waals surface area (Å²) in [4.78, 5) is 0. The van der Waals surface area contributed by atoms with Gasteiger partial charge in [0, 0.05) is 22.6 Å². The SMILES string of the molecule is Fc1ccc(-c2c3ccccc3c(-c3ccccc3)c3cccc(F)c23)c(F)c1. The van der Waals surface area contributed by atoms with Gasteiger partial charge in [0.05, 0.1) is 0 Å². The van der Waals surface area contributed by atoms with Gasteiger partial charge in [0.15, 0.2) is 0 Å². The van der Waals surface area contributed by atoms with Gasteiger partial charge in [-0.3, -0.25) is 0 Å². The van der Waals surface area contributed by atoms with Crippen molar-refractivity contribution in [3.05, 3.63) is 108 Å². The number of rotatable bonds is 2. The molecule has 0 aliphatic carbocycles. The summed E-state index contributed by atoms with van der Waals surface area (Å²) >= 11 is 0. The summed E-state index contributed by atoms with van der Waals surface area (Å²) in [5.74, 6) is -1.82. The molecule has 5 aromatic rings. The fourth-order valence-electron chi connectivity index (χ4n) is 4.07. The number of hydrogen-bond donors (Lipinski definition) is 0. The van der Waals surface area contributed by atoms with Crippen LogP contribution in [0.3, 0.4) is 0 Å². The van der Waals surface area contributed by atoms with E-state index < -0.39 is 17.5 Å². The maximum Gasteiger partial charge on any atom is 0.133 e. The lowest BCUT2D eigenvalue weighted by atomic mass is 9.85. The van der Waals surface area contributed by atoms with Crippen LogP contribution in [0.25, 0.3) is 43.8 Å². The van der Waals surface area contributed by atoms with E-state index >= 15 is 4.39 Å². The molecule has 0 saturated carbocycles. The molecule has 0 bridgehead atoms. The summed E-state index contributed by atoms with van der Waals surface area (Å²) in [6.45, 7) is 0. The highest BCUT2D eigenvalue weighted by Gasteiger charge is 2.20. The highest BCUT2D eigenvalue weighted by Crippen LogP contribution is 2.44. The Bertz CT molecular complexity index is 1370. The molecule has 29 heavy (non-hydrogen) atoms. The first-order valence-electron chi connectivity index (χ1n) is 9.29. The smallest absolute Gasteiger partial charge is 0.133 e. The molecule has 5 rings (SSSR count). The largest absolute Gasteiger partial charge is 0.207 e. The Balaban J connectivity index is 2.05. The van der Waals surface area contributed by atoms with Crippen molar-refractivity contribution in [2.45, 2.75) is 0 Å². The standard InChI is InChI=1S/C26H15F3/c27-17-13-14-20(23(29)15-17)25-19-10-5-4-9-18(19)24(16-7-2-1-3-8-16)21-11-6-12-22(28)26(21)25/h1-15H. The van der Waals surface area contributed by atoms with E-state index in [-0.39, 0.29) is 5.56 Å². The van der Waals surface area contributed by atoms with Crippen LogP contribution in [-0.4, -0.2) is 0 Å². The first-order valence-corrected chi connectivity index (χ1v) is 9.29. The first kappa shape index (κ1) is 17.5. The summed E-state index contributed by atoms with van der Waals surface area (Å²) in [5, 5.41) is 2.62. The minimum Gasteiger partial charge on any atom is -0.207 e. The number of hydrogen-bond acceptors (Lipinski definition) is 0. The second-order valence-electron chi connectivity index (χ2n) is 6.95. The van der Waals surface area contributed by atoms with Gasteiger partial charge in [-0.25, -0.2) is 13.2 Å². The monoisotopic (exact) mass is 384 g/mol. The van der Waals surface area contributed by atoms with Gasteiger partial charge in [-0.15, -0.1) is 0 Å². The van der Waals surface area contributed by atoms with Gasteiger partial charge in [0.1, 0.15) is 17.5 Å². The fraction of sp³-hybridized carbons (Fsp3) is 0. The van der Waals surface area contributed by atoms with Crippen LogP contribution in [0.4, 0.5) is 13.2 Å². The van der Waals surface area contributed by atoms with Crippen molar-refractivity contribution in [2.75, 3.05) is 0 Å². The maximum atomic E-state index is 15.2. The minimum atomic E-state index is -0.716. The van der Waals surface area contributed by atoms with Crippen molar-refractivity contribution in [2.24, 2.45) is 0 Å². The van der Waals surface area contributed by atoms with Crippen LogP contribution in [-0.2, 0) is 0 Å². The molecule has 0 radical (unpaired) electrons. The molecule has 0 aromatic heterocycles. The van der Waals surface area contributed by atoms with Crippen LogP contribution in [0.1, 0.15) is 0 Å². The van der Waals surface area contributed by atoms with Gasteiger partial charge >= 0.3 is 0 Å². The first-order chi connectivity index (χ1) is 14.1. The van der Waals surface area contributed by atoms with Crippen LogP contribution in [0.15, 0.2) is 91.0 Å². The summed E-state index contributed by atoms with van der Waals surface area (Å²) in [5.41, 5.74) is 2.45. The van der Waals surface area contributed by atoms with Crippen molar-refractivity contribution in [1.29, 1.82) is 0 Å². The molecule has 0 N–H and O–H groups in total. The molecule has 0 amide bonds. The third kappa shape index (κ3) is 2.78. The molecular weight excluding hydrogens is 369 g/mol. The van der Waals surface area contributed by atoms with E-state index in [1.165, 1.54) is 18.2 Å². The summed E-state index contributed by atoms with van der Waals surface area (Å²) in [6.07, 6.45) is 0. The summed E-state index contributed by atoms with van der Waals surface area (Å²) < 4.78 is 43.5. The quantitative estimate of drug-likeness (QED) is 0.273. The Morgan fingerprint density at radius 3 is 1.86 bits per heavy atom. The number of fused-ring (bicyclic) bond motifs is 2. The predicted molar refractivity (Wildman–Crippen MR) is 112 cm³/mol. The third-order valence-electron chi connectivity index (χ3n) is 5.26. The second kappa shape index (κ2) is 6.78. The molecule has 5 aromatic carbocycles. The van der Waals surface area contributed by atoms with Crippen molar-refractivity contribution < 1.29 is 13.2 Å². The van der Waals surface area contributed by atoms with E-state index in [2.05, 4.69) is 0 Å². The van der Waals surface area contributed by atoms with E-state index in [0.29, 0.717) is 16.3 Å². The lowest BCUT2D eigenvalue weighted by Gasteiger charge is -2.18. The zero-order valence-corrected chi connectivity index (χ0v) is 15.3. The van der Waals surface area contributed by atoms with Crippen molar-refractivity contribution in [3.8, 4) is 22.3 Å². The van der Waals surface area contributed by atoms with Crippen molar-refractivity contribution in [3.63, 3.8) is 0 Å². The zero-order valence-electron chi connectivity index (χ0n) is 15.3. The molecule has 0 fully saturated rings. The van der Waals surface area contributed by atoms with Gasteiger partial charge in [0.2, 0.25) is 0 Å². The molecule has 0 aliphatic heterocycles. The van der Waals surface area contributed by atoms with Crippen molar-refractivity contribution in [1.82, 2.24) is 0 Å². The highest BCUT2D eigenvalue weighted by molar-refractivity contribution is 6.21. The van der Waals surface area contributed by atoms with E-state index in [9.17, 15) is 8.78 Å². The van der Waals surface area contributed by atoms with E-state index in [1.807, 2.05) is 60.7 Å². The highest BCUT2D eigenvalue weighted by atomic mass is 19.1. The van der Waals surface area contributed by atoms with Gasteiger partial charge < -0.3 is 0 Å². The molecule has 0 heterocycles. The third-order valence-corrected chi connectivity index (χ3v) is 5.26. The molecule has 3 heteroatoms. The number of halogens is 3. The van der Waals surface area contributed by atoms with Crippen LogP contribution in [0.5, 0.6) is 0 Å². The van der Waals surface area contributed by atoms with E-state index in [4.69, 9.17) is 0 Å². The molecule has 0 unspecified atom stereocenters. The fourth-order valence-corrected chi connectivity index (χ4v) is 4.07. The van der Waals surface area contributed by atoms with Crippen LogP contribution < -0.4 is 0 Å². The Kier molecular flexibility index (Phi) is 4.09. The molecule has 140 valence electrons. The maximum absolute atomic E-state index is 15.2. The second-order valence-corrected chi connectivity index (χ2v) is 6.95. The molecular formula is C26H15F3. The Morgan fingerprint density at radius 1 is 0.483 bits per heavy atom. The summed E-state index contributed by atoms with van der Waals surface area (Å²) in [6, 6.07) is 25.6. The Labute approximate surface area is 165 Å². The van der Waals surface area contributed by atoms with E-state index in [1.54, 1.807) is 6.07 Å². The van der Waals surface area contributed by atoms with Gasteiger partial charge in [-0.2, -0.15) is 0 Å². The van der Waals surface area contributed by atoms with Crippen LogP contribution >= 0.6 is 0 Å². The predicted octanol–water partition coefficient (Wildman–Crippen LogP) is 7.74. The zero-order chi connectivity index (χ0) is 20.0. The average Bonchev–Trinajstić information content (AvgIpc) is 2.73. The van der Waals surface area contributed by atoms with Crippen LogP contribution in [0, 0.1) is 17.5 Å². The average molecular weight is 384 g/mol. The van der Waals surface area contributed by atoms with Gasteiger partial charge in [-0.1, -0.05) is 66.7 Å². The Hall–Kier alpha value is -3.59. The molecule has 0 aliphatic rings. The van der Waals surface area contributed by atoms with Gasteiger partial charge in [-0.05, 0) is 45.5 Å². The van der Waals surface area contributed by atoms with Gasteiger partial charge in [0.25, 0.3) is 0 Å². The lowest BCUT2D eigenvalue weighted by molar-refractivity contribution is 0.585. The topological polar surface area (TPSA) is 0 Å². The van der Waals surface area contributed by atoms with E-state index in [0.717, 1.165) is 28.0 Å². The molecule has 0 spiro atoms. The normalized spacial score (nSPS) is 11.3. The molecule has 0 atom stereocenters.